The third-order valence-electron chi connectivity index (χ3n) is 0.0982. The van der Waals surface area contributed by atoms with Crippen LogP contribution in [-0.2, 0) is 3.83 Å². The molecule has 0 spiro atoms. The summed E-state index contributed by atoms with van der Waals surface area (Å²) in [5.41, 5.74) is 0. The summed E-state index contributed by atoms with van der Waals surface area (Å²) in [6.45, 7) is 0. The highest BCUT2D eigenvalue weighted by Crippen LogP contribution is 2.12. The van der Waals surface area contributed by atoms with Crippen molar-refractivity contribution in [2.24, 2.45) is 0 Å². The summed E-state index contributed by atoms with van der Waals surface area (Å²) in [5.74, 6) is 0. The first kappa shape index (κ1) is 6.84. The molecular formula is CH2Br2O3. The molecule has 0 aliphatic carbocycles. The van der Waals surface area contributed by atoms with Crippen LogP contribution in [0.4, 0.5) is 0 Å². The van der Waals surface area contributed by atoms with Crippen LogP contribution in [0.2, 0.25) is 0 Å². The SMILES string of the molecule is OC(O)(Br)OBr. The van der Waals surface area contributed by atoms with Gasteiger partial charge in [0, 0.05) is 15.9 Å². The summed E-state index contributed by atoms with van der Waals surface area (Å²) in [5, 5.41) is 16.1. The van der Waals surface area contributed by atoms with Gasteiger partial charge in [-0.2, -0.15) is 0 Å². The fraction of sp³-hybridized carbons (Fsp3) is 1.00. The Hall–Kier alpha value is 0.840. The van der Waals surface area contributed by atoms with Gasteiger partial charge < -0.3 is 10.2 Å². The van der Waals surface area contributed by atoms with E-state index >= 15 is 0 Å². The van der Waals surface area contributed by atoms with Crippen LogP contribution in [-0.4, -0.2) is 15.1 Å². The molecule has 0 radical (unpaired) electrons. The Bertz CT molecular complexity index is 38.5. The summed E-state index contributed by atoms with van der Waals surface area (Å²) in [7, 11) is 0. The largest absolute Gasteiger partial charge is 0.350 e. The van der Waals surface area contributed by atoms with Gasteiger partial charge in [0.2, 0.25) is 0 Å². The Kier molecular flexibility index (Phi) is 2.54. The second-order valence-electron chi connectivity index (χ2n) is 0.606. The Morgan fingerprint density at radius 3 is 1.67 bits per heavy atom. The van der Waals surface area contributed by atoms with E-state index in [9.17, 15) is 0 Å². The van der Waals surface area contributed by atoms with Gasteiger partial charge in [-0.3, -0.25) is 0 Å². The number of alkyl halides is 1. The molecule has 0 fully saturated rings. The molecule has 0 saturated heterocycles. The van der Waals surface area contributed by atoms with Gasteiger partial charge in [-0.25, -0.2) is 3.83 Å². The fourth-order valence-electron chi connectivity index (χ4n) is 0. The standard InChI is InChI=1S/CH2Br2O3/c2-1(4,5)6-3/h4-5H. The minimum atomic E-state index is -2.23. The summed E-state index contributed by atoms with van der Waals surface area (Å²) >= 11 is 4.64. The normalized spacial score (nSPS) is 12.0. The van der Waals surface area contributed by atoms with E-state index in [4.69, 9.17) is 10.2 Å². The lowest BCUT2D eigenvalue weighted by Crippen LogP contribution is -2.17. The Morgan fingerprint density at radius 1 is 1.50 bits per heavy atom. The van der Waals surface area contributed by atoms with Gasteiger partial charge in [-0.05, 0) is 0 Å². The third kappa shape index (κ3) is 4.84. The van der Waals surface area contributed by atoms with Gasteiger partial charge in [-0.1, -0.05) is 0 Å². The molecule has 38 valence electrons. The zero-order chi connectivity index (χ0) is 5.21. The van der Waals surface area contributed by atoms with Crippen LogP contribution >= 0.6 is 32.2 Å². The van der Waals surface area contributed by atoms with E-state index in [2.05, 4.69) is 36.0 Å². The molecule has 0 saturated carbocycles. The molecule has 0 rings (SSSR count). The molecule has 0 aromatic carbocycles. The number of aliphatic hydroxyl groups is 2. The lowest BCUT2D eigenvalue weighted by atomic mass is 11.4. The number of hydrogen-bond donors (Lipinski definition) is 2. The van der Waals surface area contributed by atoms with E-state index in [-0.39, 0.29) is 0 Å². The van der Waals surface area contributed by atoms with Crippen molar-refractivity contribution < 1.29 is 14.0 Å². The van der Waals surface area contributed by atoms with Crippen LogP contribution in [0.5, 0.6) is 0 Å². The van der Waals surface area contributed by atoms with E-state index in [0.29, 0.717) is 0 Å². The fourth-order valence-corrected chi connectivity index (χ4v) is 0. The van der Waals surface area contributed by atoms with Gasteiger partial charge in [-0.15, -0.1) is 0 Å². The molecule has 2 N–H and O–H groups in total. The highest BCUT2D eigenvalue weighted by Gasteiger charge is 2.15. The molecule has 0 aliphatic rings. The third-order valence-corrected chi connectivity index (χ3v) is 1.15. The molecule has 0 aromatic heterocycles. The van der Waals surface area contributed by atoms with Gasteiger partial charge in [0.05, 0.1) is 0 Å². The molecule has 0 aliphatic heterocycles. The van der Waals surface area contributed by atoms with Crippen LogP contribution in [0.15, 0.2) is 0 Å². The molecule has 0 atom stereocenters. The molecule has 0 aromatic rings. The van der Waals surface area contributed by atoms with Crippen molar-refractivity contribution in [3.8, 4) is 0 Å². The summed E-state index contributed by atoms with van der Waals surface area (Å²) in [4.78, 5) is -2.23. The summed E-state index contributed by atoms with van der Waals surface area (Å²) in [6.07, 6.45) is 0. The minimum Gasteiger partial charge on any atom is -0.334 e. The molecule has 3 nitrogen and oxygen atoms in total. The second-order valence-corrected chi connectivity index (χ2v) is 1.96. The maximum absolute atomic E-state index is 8.03. The molecule has 5 heteroatoms. The van der Waals surface area contributed by atoms with Crippen LogP contribution < -0.4 is 0 Å². The van der Waals surface area contributed by atoms with E-state index in [1.54, 1.807) is 0 Å². The maximum Gasteiger partial charge on any atom is 0.350 e. The predicted octanol–water partition coefficient (Wildman–Crippen LogP) is 0.304. The van der Waals surface area contributed by atoms with Crippen LogP contribution in [0.1, 0.15) is 0 Å². The first-order valence-corrected chi connectivity index (χ1v) is 2.44. The van der Waals surface area contributed by atoms with Crippen LogP contribution in [0.3, 0.4) is 0 Å². The first-order chi connectivity index (χ1) is 2.56. The van der Waals surface area contributed by atoms with Gasteiger partial charge in [0.1, 0.15) is 16.3 Å². The van der Waals surface area contributed by atoms with Gasteiger partial charge in [0.15, 0.2) is 0 Å². The topological polar surface area (TPSA) is 49.7 Å². The smallest absolute Gasteiger partial charge is 0.334 e. The van der Waals surface area contributed by atoms with E-state index in [1.165, 1.54) is 0 Å². The molecule has 0 bridgehead atoms. The van der Waals surface area contributed by atoms with Crippen molar-refractivity contribution in [3.05, 3.63) is 0 Å². The highest BCUT2D eigenvalue weighted by molar-refractivity contribution is 9.10. The number of rotatable bonds is 1. The molecule has 0 unspecified atom stereocenters. The Morgan fingerprint density at radius 2 is 1.67 bits per heavy atom. The Labute approximate surface area is 51.5 Å². The molecule has 6 heavy (non-hydrogen) atoms. The monoisotopic (exact) mass is 220 g/mol. The van der Waals surface area contributed by atoms with Gasteiger partial charge >= 0.3 is 4.88 Å². The summed E-state index contributed by atoms with van der Waals surface area (Å²) in [6, 6.07) is 0. The first-order valence-electron chi connectivity index (χ1n) is 0.995. The average Bonchev–Trinajstić information content (AvgIpc) is 1.35. The van der Waals surface area contributed by atoms with Crippen LogP contribution in [0.25, 0.3) is 0 Å². The number of hydrogen-bond acceptors (Lipinski definition) is 3. The van der Waals surface area contributed by atoms with Crippen molar-refractivity contribution in [1.29, 1.82) is 0 Å². The zero-order valence-electron chi connectivity index (χ0n) is 2.56. The highest BCUT2D eigenvalue weighted by atomic mass is 79.9. The lowest BCUT2D eigenvalue weighted by molar-refractivity contribution is -0.194. The van der Waals surface area contributed by atoms with Crippen LogP contribution in [0, 0.1) is 0 Å². The minimum absolute atomic E-state index is 2.23. The Balaban J connectivity index is 3.17. The van der Waals surface area contributed by atoms with Crippen molar-refractivity contribution in [2.75, 3.05) is 0 Å². The number of halogens is 2. The summed E-state index contributed by atoms with van der Waals surface area (Å²) < 4.78 is 3.78. The zero-order valence-corrected chi connectivity index (χ0v) is 5.73. The van der Waals surface area contributed by atoms with E-state index in [0.717, 1.165) is 0 Å². The molecule has 0 heterocycles. The van der Waals surface area contributed by atoms with Crippen molar-refractivity contribution >= 4 is 32.2 Å². The molecular weight excluding hydrogens is 220 g/mol. The van der Waals surface area contributed by atoms with Crippen molar-refractivity contribution in [3.63, 3.8) is 0 Å². The van der Waals surface area contributed by atoms with E-state index < -0.39 is 4.88 Å². The maximum atomic E-state index is 8.03. The average molecular weight is 222 g/mol. The van der Waals surface area contributed by atoms with E-state index in [1.807, 2.05) is 0 Å². The molecule has 0 amide bonds. The second kappa shape index (κ2) is 2.23. The lowest BCUT2D eigenvalue weighted by Gasteiger charge is -2.05. The van der Waals surface area contributed by atoms with Crippen molar-refractivity contribution in [2.45, 2.75) is 4.88 Å². The predicted molar refractivity (Wildman–Crippen MR) is 26.1 cm³/mol. The van der Waals surface area contributed by atoms with Crippen molar-refractivity contribution in [1.82, 2.24) is 0 Å². The van der Waals surface area contributed by atoms with Gasteiger partial charge in [0.25, 0.3) is 0 Å². The quantitative estimate of drug-likeness (QED) is 0.495.